The van der Waals surface area contributed by atoms with E-state index < -0.39 is 0 Å². The van der Waals surface area contributed by atoms with Crippen molar-refractivity contribution in [3.8, 4) is 5.75 Å². The van der Waals surface area contributed by atoms with Crippen molar-refractivity contribution in [1.82, 2.24) is 10.1 Å². The number of benzene rings is 1. The Kier molecular flexibility index (Phi) is 4.04. The molecule has 0 fully saturated rings. The minimum atomic E-state index is -0.154. The van der Waals surface area contributed by atoms with Crippen LogP contribution in [0.4, 0.5) is 0 Å². The minimum absolute atomic E-state index is 0.154. The normalized spacial score (nSPS) is 11.7. The molecular formula is C15H19ClN2O2. The predicted octanol–water partition coefficient (Wildman–Crippen LogP) is 4.22. The maximum atomic E-state index is 6.13. The van der Waals surface area contributed by atoms with E-state index in [-0.39, 0.29) is 12.0 Å². The summed E-state index contributed by atoms with van der Waals surface area (Å²) < 4.78 is 10.9. The second kappa shape index (κ2) is 5.44. The van der Waals surface area contributed by atoms with Crippen molar-refractivity contribution in [3.63, 3.8) is 0 Å². The Morgan fingerprint density at radius 3 is 2.30 bits per heavy atom. The molecule has 2 aromatic rings. The lowest BCUT2D eigenvalue weighted by Crippen LogP contribution is -2.11. The number of hydrogen-bond acceptors (Lipinski definition) is 4. The van der Waals surface area contributed by atoms with Crippen LogP contribution in [0.1, 0.15) is 43.6 Å². The van der Waals surface area contributed by atoms with Crippen molar-refractivity contribution < 1.29 is 9.26 Å². The lowest BCUT2D eigenvalue weighted by molar-refractivity contribution is 0.280. The van der Waals surface area contributed by atoms with Crippen LogP contribution >= 0.6 is 11.6 Å². The number of hydrogen-bond donors (Lipinski definition) is 0. The Labute approximate surface area is 124 Å². The van der Waals surface area contributed by atoms with Gasteiger partial charge in [0.15, 0.2) is 6.61 Å². The largest absolute Gasteiger partial charge is 0.485 e. The standard InChI is InChI=1S/C15H19ClN2O2/c1-9-6-11(7-10(2)13(9)16)19-8-12-17-14(20-18-12)15(3,4)5/h6-7H,8H2,1-5H3. The zero-order valence-electron chi connectivity index (χ0n) is 12.5. The quantitative estimate of drug-likeness (QED) is 0.850. The summed E-state index contributed by atoms with van der Waals surface area (Å²) in [6, 6.07) is 3.81. The third kappa shape index (κ3) is 3.31. The second-order valence-electron chi connectivity index (χ2n) is 5.93. The molecule has 0 bridgehead atoms. The van der Waals surface area contributed by atoms with Gasteiger partial charge in [-0.1, -0.05) is 37.5 Å². The van der Waals surface area contributed by atoms with Gasteiger partial charge in [-0.15, -0.1) is 0 Å². The van der Waals surface area contributed by atoms with Gasteiger partial charge in [0.2, 0.25) is 11.7 Å². The second-order valence-corrected chi connectivity index (χ2v) is 6.30. The van der Waals surface area contributed by atoms with Crippen LogP contribution in [0.5, 0.6) is 5.75 Å². The van der Waals surface area contributed by atoms with Crippen LogP contribution < -0.4 is 4.74 Å². The number of halogens is 1. The number of rotatable bonds is 3. The molecule has 0 spiro atoms. The summed E-state index contributed by atoms with van der Waals surface area (Å²) in [7, 11) is 0. The minimum Gasteiger partial charge on any atom is -0.485 e. The van der Waals surface area contributed by atoms with Crippen LogP contribution in [0.3, 0.4) is 0 Å². The van der Waals surface area contributed by atoms with E-state index in [2.05, 4.69) is 10.1 Å². The van der Waals surface area contributed by atoms with Gasteiger partial charge in [-0.05, 0) is 37.1 Å². The van der Waals surface area contributed by atoms with E-state index in [0.29, 0.717) is 11.7 Å². The van der Waals surface area contributed by atoms with Crippen LogP contribution in [0, 0.1) is 13.8 Å². The molecule has 0 N–H and O–H groups in total. The van der Waals surface area contributed by atoms with Gasteiger partial charge in [0.1, 0.15) is 5.75 Å². The third-order valence-corrected chi connectivity index (χ3v) is 3.48. The molecule has 1 heterocycles. The molecule has 4 nitrogen and oxygen atoms in total. The zero-order valence-corrected chi connectivity index (χ0v) is 13.2. The summed E-state index contributed by atoms with van der Waals surface area (Å²) in [5.74, 6) is 1.91. The van der Waals surface area contributed by atoms with Crippen molar-refractivity contribution in [2.75, 3.05) is 0 Å². The van der Waals surface area contributed by atoms with Gasteiger partial charge < -0.3 is 9.26 Å². The molecule has 2 rings (SSSR count). The fraction of sp³-hybridized carbons (Fsp3) is 0.467. The SMILES string of the molecule is Cc1cc(OCc2noc(C(C)(C)C)n2)cc(C)c1Cl. The summed E-state index contributed by atoms with van der Waals surface area (Å²) in [5, 5.41) is 4.69. The number of aryl methyl sites for hydroxylation is 2. The molecule has 5 heteroatoms. The maximum absolute atomic E-state index is 6.13. The van der Waals surface area contributed by atoms with Crippen LogP contribution in [-0.4, -0.2) is 10.1 Å². The molecule has 1 aromatic carbocycles. The molecule has 0 amide bonds. The highest BCUT2D eigenvalue weighted by Crippen LogP contribution is 2.26. The fourth-order valence-corrected chi connectivity index (χ4v) is 1.86. The molecule has 0 unspecified atom stereocenters. The van der Waals surface area contributed by atoms with Crippen molar-refractivity contribution in [3.05, 3.63) is 40.0 Å². The lowest BCUT2D eigenvalue weighted by atomic mass is 9.97. The highest BCUT2D eigenvalue weighted by Gasteiger charge is 2.21. The van der Waals surface area contributed by atoms with E-state index in [1.807, 2.05) is 46.8 Å². The van der Waals surface area contributed by atoms with Gasteiger partial charge in [0.25, 0.3) is 0 Å². The van der Waals surface area contributed by atoms with Crippen LogP contribution in [-0.2, 0) is 12.0 Å². The topological polar surface area (TPSA) is 48.2 Å². The molecule has 0 aliphatic heterocycles. The molecule has 0 saturated heterocycles. The molecule has 0 aliphatic rings. The number of ether oxygens (including phenoxy) is 1. The third-order valence-electron chi connectivity index (χ3n) is 2.89. The van der Waals surface area contributed by atoms with E-state index in [1.54, 1.807) is 0 Å². The first-order valence-electron chi connectivity index (χ1n) is 6.50. The van der Waals surface area contributed by atoms with Gasteiger partial charge in [-0.3, -0.25) is 0 Å². The summed E-state index contributed by atoms with van der Waals surface area (Å²) in [6.45, 7) is 10.3. The molecule has 1 aromatic heterocycles. The van der Waals surface area contributed by atoms with E-state index in [9.17, 15) is 0 Å². The Morgan fingerprint density at radius 1 is 1.20 bits per heavy atom. The predicted molar refractivity (Wildman–Crippen MR) is 78.3 cm³/mol. The van der Waals surface area contributed by atoms with Gasteiger partial charge in [-0.25, -0.2) is 0 Å². The van der Waals surface area contributed by atoms with Gasteiger partial charge in [0, 0.05) is 10.4 Å². The van der Waals surface area contributed by atoms with Gasteiger partial charge >= 0.3 is 0 Å². The smallest absolute Gasteiger partial charge is 0.232 e. The van der Waals surface area contributed by atoms with Crippen molar-refractivity contribution >= 4 is 11.6 Å². The molecule has 0 atom stereocenters. The van der Waals surface area contributed by atoms with Crippen LogP contribution in [0.25, 0.3) is 0 Å². The van der Waals surface area contributed by atoms with Crippen molar-refractivity contribution in [2.45, 2.75) is 46.6 Å². The summed E-state index contributed by atoms with van der Waals surface area (Å²) in [6.07, 6.45) is 0. The first kappa shape index (κ1) is 14.9. The first-order chi connectivity index (χ1) is 9.27. The number of aromatic nitrogens is 2. The molecule has 108 valence electrons. The first-order valence-corrected chi connectivity index (χ1v) is 6.88. The van der Waals surface area contributed by atoms with Gasteiger partial charge in [-0.2, -0.15) is 4.98 Å². The van der Waals surface area contributed by atoms with E-state index in [1.165, 1.54) is 0 Å². The van der Waals surface area contributed by atoms with E-state index in [0.717, 1.165) is 21.9 Å². The molecule has 0 aliphatic carbocycles. The van der Waals surface area contributed by atoms with Crippen molar-refractivity contribution in [2.24, 2.45) is 0 Å². The Hall–Kier alpha value is -1.55. The molecule has 0 radical (unpaired) electrons. The van der Waals surface area contributed by atoms with Crippen LogP contribution in [0.2, 0.25) is 5.02 Å². The van der Waals surface area contributed by atoms with E-state index >= 15 is 0 Å². The average molecular weight is 295 g/mol. The summed E-state index contributed by atoms with van der Waals surface area (Å²) in [4.78, 5) is 4.33. The lowest BCUT2D eigenvalue weighted by Gasteiger charge is -2.10. The molecule has 20 heavy (non-hydrogen) atoms. The van der Waals surface area contributed by atoms with E-state index in [4.69, 9.17) is 20.9 Å². The fourth-order valence-electron chi connectivity index (χ4n) is 1.75. The summed E-state index contributed by atoms with van der Waals surface area (Å²) >= 11 is 6.13. The average Bonchev–Trinajstić information content (AvgIpc) is 2.82. The highest BCUT2D eigenvalue weighted by molar-refractivity contribution is 6.32. The Bertz CT molecular complexity index is 592. The molecule has 0 saturated carbocycles. The Balaban J connectivity index is 2.08. The van der Waals surface area contributed by atoms with Gasteiger partial charge in [0.05, 0.1) is 0 Å². The van der Waals surface area contributed by atoms with Crippen molar-refractivity contribution in [1.29, 1.82) is 0 Å². The summed E-state index contributed by atoms with van der Waals surface area (Å²) in [5.41, 5.74) is 1.83. The highest BCUT2D eigenvalue weighted by atomic mass is 35.5. The number of nitrogens with zero attached hydrogens (tertiary/aromatic N) is 2. The van der Waals surface area contributed by atoms with Crippen LogP contribution in [0.15, 0.2) is 16.7 Å². The zero-order chi connectivity index (χ0) is 14.9. The monoisotopic (exact) mass is 294 g/mol. The Morgan fingerprint density at radius 2 is 1.80 bits per heavy atom. The molecular weight excluding hydrogens is 276 g/mol. The maximum Gasteiger partial charge on any atom is 0.232 e.